The fourth-order valence-electron chi connectivity index (χ4n) is 1.80. The van der Waals surface area contributed by atoms with Crippen molar-refractivity contribution in [3.05, 3.63) is 50.9 Å². The van der Waals surface area contributed by atoms with Gasteiger partial charge in [-0.3, -0.25) is 0 Å². The number of methoxy groups -OCH3 is 2. The molecule has 0 amide bonds. The van der Waals surface area contributed by atoms with E-state index in [2.05, 4.69) is 31.9 Å². The maximum absolute atomic E-state index is 5.87. The molecule has 0 radical (unpaired) electrons. The Bertz CT molecular complexity index is 600. The fourth-order valence-corrected chi connectivity index (χ4v) is 2.67. The van der Waals surface area contributed by atoms with Gasteiger partial charge in [-0.05, 0) is 46.3 Å². The topological polar surface area (TPSA) is 27.7 Å². The quantitative estimate of drug-likeness (QED) is 0.719. The second-order valence-corrected chi connectivity index (χ2v) is 5.79. The minimum absolute atomic E-state index is 0.390. The molecule has 0 heterocycles. The van der Waals surface area contributed by atoms with Gasteiger partial charge in [-0.1, -0.05) is 22.0 Å². The van der Waals surface area contributed by atoms with Crippen LogP contribution in [0.3, 0.4) is 0 Å². The zero-order valence-electron chi connectivity index (χ0n) is 11.2. The Balaban J connectivity index is 2.23. The van der Waals surface area contributed by atoms with Crippen LogP contribution in [-0.4, -0.2) is 14.2 Å². The molecule has 3 nitrogen and oxygen atoms in total. The molecule has 0 fully saturated rings. The predicted octanol–water partition coefficient (Wildman–Crippen LogP) is 4.81. The molecule has 20 heavy (non-hydrogen) atoms. The van der Waals surface area contributed by atoms with Crippen molar-refractivity contribution >= 4 is 31.9 Å². The molecule has 5 heteroatoms. The summed E-state index contributed by atoms with van der Waals surface area (Å²) in [5.74, 6) is 2.16. The van der Waals surface area contributed by atoms with Crippen molar-refractivity contribution in [2.45, 2.75) is 6.61 Å². The molecule has 0 bridgehead atoms. The number of rotatable bonds is 5. The van der Waals surface area contributed by atoms with E-state index in [0.717, 1.165) is 20.3 Å². The number of halogens is 2. The predicted molar refractivity (Wildman–Crippen MR) is 85.7 cm³/mol. The number of hydrogen-bond donors (Lipinski definition) is 0. The van der Waals surface area contributed by atoms with Gasteiger partial charge in [0.05, 0.1) is 18.7 Å². The SMILES string of the molecule is COc1ccc(Br)cc1COc1c(Br)cccc1OC. The first-order valence-corrected chi connectivity index (χ1v) is 7.52. The highest BCUT2D eigenvalue weighted by Crippen LogP contribution is 2.36. The smallest absolute Gasteiger partial charge is 0.175 e. The number of ether oxygens (including phenoxy) is 3. The highest BCUT2D eigenvalue weighted by atomic mass is 79.9. The van der Waals surface area contributed by atoms with Crippen molar-refractivity contribution in [1.29, 1.82) is 0 Å². The van der Waals surface area contributed by atoms with Crippen molar-refractivity contribution in [1.82, 2.24) is 0 Å². The second-order valence-electron chi connectivity index (χ2n) is 4.02. The van der Waals surface area contributed by atoms with E-state index in [4.69, 9.17) is 14.2 Å². The largest absolute Gasteiger partial charge is 0.496 e. The van der Waals surface area contributed by atoms with E-state index in [-0.39, 0.29) is 0 Å². The lowest BCUT2D eigenvalue weighted by Gasteiger charge is -2.14. The Labute approximate surface area is 135 Å². The van der Waals surface area contributed by atoms with Gasteiger partial charge in [0.15, 0.2) is 11.5 Å². The lowest BCUT2D eigenvalue weighted by Crippen LogP contribution is -2.00. The number of benzene rings is 2. The summed E-state index contributed by atoms with van der Waals surface area (Å²) in [4.78, 5) is 0. The van der Waals surface area contributed by atoms with Gasteiger partial charge in [0.2, 0.25) is 0 Å². The minimum atomic E-state index is 0.390. The van der Waals surface area contributed by atoms with Gasteiger partial charge < -0.3 is 14.2 Å². The third kappa shape index (κ3) is 3.46. The zero-order chi connectivity index (χ0) is 14.5. The van der Waals surface area contributed by atoms with Crippen LogP contribution < -0.4 is 14.2 Å². The highest BCUT2D eigenvalue weighted by molar-refractivity contribution is 9.10. The Morgan fingerprint density at radius 1 is 0.950 bits per heavy atom. The Morgan fingerprint density at radius 2 is 1.70 bits per heavy atom. The van der Waals surface area contributed by atoms with Crippen LogP contribution >= 0.6 is 31.9 Å². The van der Waals surface area contributed by atoms with E-state index in [1.165, 1.54) is 0 Å². The third-order valence-corrected chi connectivity index (χ3v) is 3.88. The van der Waals surface area contributed by atoms with E-state index in [9.17, 15) is 0 Å². The van der Waals surface area contributed by atoms with Crippen molar-refractivity contribution in [2.24, 2.45) is 0 Å². The van der Waals surface area contributed by atoms with Crippen LogP contribution in [0, 0.1) is 0 Å². The van der Waals surface area contributed by atoms with Gasteiger partial charge in [0.1, 0.15) is 12.4 Å². The monoisotopic (exact) mass is 400 g/mol. The fraction of sp³-hybridized carbons (Fsp3) is 0.200. The lowest BCUT2D eigenvalue weighted by molar-refractivity contribution is 0.276. The van der Waals surface area contributed by atoms with Crippen LogP contribution in [0.1, 0.15) is 5.56 Å². The molecule has 0 aromatic heterocycles. The molecule has 0 saturated heterocycles. The summed E-state index contributed by atoms with van der Waals surface area (Å²) >= 11 is 6.92. The average molecular weight is 402 g/mol. The molecule has 0 atom stereocenters. The summed E-state index contributed by atoms with van der Waals surface area (Å²) in [6, 6.07) is 11.5. The van der Waals surface area contributed by atoms with Gasteiger partial charge >= 0.3 is 0 Å². The van der Waals surface area contributed by atoms with Crippen molar-refractivity contribution in [2.75, 3.05) is 14.2 Å². The molecule has 0 spiro atoms. The average Bonchev–Trinajstić information content (AvgIpc) is 2.46. The number of hydrogen-bond acceptors (Lipinski definition) is 3. The molecule has 0 aliphatic heterocycles. The lowest BCUT2D eigenvalue weighted by atomic mass is 10.2. The maximum atomic E-state index is 5.87. The maximum Gasteiger partial charge on any atom is 0.175 e. The standard InChI is InChI=1S/C15H14Br2O3/c1-18-13-7-6-11(16)8-10(13)9-20-15-12(17)4-3-5-14(15)19-2/h3-8H,9H2,1-2H3. The summed E-state index contributed by atoms with van der Waals surface area (Å²) in [5.41, 5.74) is 0.958. The molecule has 106 valence electrons. The van der Waals surface area contributed by atoms with Gasteiger partial charge in [0, 0.05) is 10.0 Å². The van der Waals surface area contributed by atoms with E-state index < -0.39 is 0 Å². The summed E-state index contributed by atoms with van der Waals surface area (Å²) in [5, 5.41) is 0. The molecular formula is C15H14Br2O3. The summed E-state index contributed by atoms with van der Waals surface area (Å²) < 4.78 is 18.3. The molecule has 2 rings (SSSR count). The van der Waals surface area contributed by atoms with E-state index in [1.54, 1.807) is 14.2 Å². The van der Waals surface area contributed by atoms with Crippen molar-refractivity contribution < 1.29 is 14.2 Å². The van der Waals surface area contributed by atoms with Gasteiger partial charge in [-0.15, -0.1) is 0 Å². The van der Waals surface area contributed by atoms with Gasteiger partial charge in [0.25, 0.3) is 0 Å². The highest BCUT2D eigenvalue weighted by Gasteiger charge is 2.11. The van der Waals surface area contributed by atoms with Gasteiger partial charge in [-0.2, -0.15) is 0 Å². The van der Waals surface area contributed by atoms with Crippen molar-refractivity contribution in [3.63, 3.8) is 0 Å². The zero-order valence-corrected chi connectivity index (χ0v) is 14.3. The second kappa shape index (κ2) is 6.99. The molecule has 0 unspecified atom stereocenters. The first kappa shape index (κ1) is 15.2. The van der Waals surface area contributed by atoms with E-state index in [1.807, 2.05) is 36.4 Å². The molecule has 2 aromatic carbocycles. The van der Waals surface area contributed by atoms with Crippen LogP contribution in [0.5, 0.6) is 17.2 Å². The molecule has 0 aliphatic carbocycles. The summed E-state index contributed by atoms with van der Waals surface area (Å²) in [6.45, 7) is 0.390. The van der Waals surface area contributed by atoms with Crippen molar-refractivity contribution in [3.8, 4) is 17.2 Å². The van der Waals surface area contributed by atoms with Crippen LogP contribution in [0.15, 0.2) is 45.3 Å². The van der Waals surface area contributed by atoms with E-state index >= 15 is 0 Å². The van der Waals surface area contributed by atoms with E-state index in [0.29, 0.717) is 18.1 Å². The Kier molecular flexibility index (Phi) is 5.31. The normalized spacial score (nSPS) is 10.2. The van der Waals surface area contributed by atoms with Crippen LogP contribution in [0.2, 0.25) is 0 Å². The first-order chi connectivity index (χ1) is 9.65. The molecule has 0 saturated carbocycles. The Hall–Kier alpha value is -1.20. The first-order valence-electron chi connectivity index (χ1n) is 5.93. The molecule has 0 aliphatic rings. The summed E-state index contributed by atoms with van der Waals surface area (Å²) in [7, 11) is 3.26. The van der Waals surface area contributed by atoms with Crippen LogP contribution in [0.25, 0.3) is 0 Å². The Morgan fingerprint density at radius 3 is 2.40 bits per heavy atom. The molecule has 2 aromatic rings. The number of para-hydroxylation sites is 1. The molecule has 0 N–H and O–H groups in total. The van der Waals surface area contributed by atoms with Crippen LogP contribution in [-0.2, 0) is 6.61 Å². The van der Waals surface area contributed by atoms with Gasteiger partial charge in [-0.25, -0.2) is 0 Å². The summed E-state index contributed by atoms with van der Waals surface area (Å²) in [6.07, 6.45) is 0. The minimum Gasteiger partial charge on any atom is -0.496 e. The van der Waals surface area contributed by atoms with Crippen LogP contribution in [0.4, 0.5) is 0 Å². The third-order valence-electron chi connectivity index (χ3n) is 2.77. The molecular weight excluding hydrogens is 388 g/mol.